The minimum atomic E-state index is -0.0901. The minimum Gasteiger partial charge on any atom is -0.337 e. The standard InChI is InChI=1S/C15H21N3O2S.ClH/c1-11-9-12(15(20)18-5-7-21-8-6-18)3-4-13(11)17-14(19)10-16-2;/h3-4,9,16H,5-8,10H2,1-2H3,(H,17,19);1H. The van der Waals surface area contributed by atoms with Gasteiger partial charge >= 0.3 is 0 Å². The van der Waals surface area contributed by atoms with Gasteiger partial charge in [-0.3, -0.25) is 9.59 Å². The van der Waals surface area contributed by atoms with Crippen LogP contribution >= 0.6 is 24.2 Å². The van der Waals surface area contributed by atoms with Crippen LogP contribution in [0.1, 0.15) is 15.9 Å². The van der Waals surface area contributed by atoms with Gasteiger partial charge in [0.1, 0.15) is 0 Å². The number of hydrogen-bond donors (Lipinski definition) is 2. The Balaban J connectivity index is 0.00000242. The molecule has 1 heterocycles. The smallest absolute Gasteiger partial charge is 0.253 e. The maximum atomic E-state index is 12.4. The van der Waals surface area contributed by atoms with Crippen molar-refractivity contribution in [3.63, 3.8) is 0 Å². The molecule has 22 heavy (non-hydrogen) atoms. The van der Waals surface area contributed by atoms with Crippen LogP contribution in [0.3, 0.4) is 0 Å². The van der Waals surface area contributed by atoms with Gasteiger partial charge in [-0.1, -0.05) is 0 Å². The highest BCUT2D eigenvalue weighted by Gasteiger charge is 2.18. The zero-order chi connectivity index (χ0) is 15.2. The summed E-state index contributed by atoms with van der Waals surface area (Å²) >= 11 is 1.88. The lowest BCUT2D eigenvalue weighted by atomic mass is 10.1. The molecule has 1 aromatic carbocycles. The average molecular weight is 344 g/mol. The normalized spacial score (nSPS) is 14.2. The second-order valence-electron chi connectivity index (χ2n) is 5.01. The first-order chi connectivity index (χ1) is 10.1. The first-order valence-electron chi connectivity index (χ1n) is 7.04. The Kier molecular flexibility index (Phi) is 7.72. The topological polar surface area (TPSA) is 61.4 Å². The van der Waals surface area contributed by atoms with E-state index in [4.69, 9.17) is 0 Å². The molecule has 2 amide bonds. The third-order valence-electron chi connectivity index (χ3n) is 3.38. The number of thioether (sulfide) groups is 1. The molecule has 0 atom stereocenters. The van der Waals surface area contributed by atoms with Gasteiger partial charge in [0, 0.05) is 35.8 Å². The van der Waals surface area contributed by atoms with Crippen molar-refractivity contribution >= 4 is 41.7 Å². The van der Waals surface area contributed by atoms with Gasteiger partial charge in [0.15, 0.2) is 0 Å². The molecule has 1 aromatic rings. The number of hydrogen-bond acceptors (Lipinski definition) is 4. The maximum Gasteiger partial charge on any atom is 0.253 e. The lowest BCUT2D eigenvalue weighted by molar-refractivity contribution is -0.115. The third-order valence-corrected chi connectivity index (χ3v) is 4.33. The van der Waals surface area contributed by atoms with Crippen LogP contribution in [0.25, 0.3) is 0 Å². The first-order valence-corrected chi connectivity index (χ1v) is 8.19. The van der Waals surface area contributed by atoms with Gasteiger partial charge in [0.05, 0.1) is 6.54 Å². The van der Waals surface area contributed by atoms with Gasteiger partial charge in [-0.05, 0) is 37.7 Å². The summed E-state index contributed by atoms with van der Waals surface area (Å²) in [4.78, 5) is 25.9. The van der Waals surface area contributed by atoms with Crippen molar-refractivity contribution in [2.24, 2.45) is 0 Å². The predicted molar refractivity (Wildman–Crippen MR) is 94.2 cm³/mol. The summed E-state index contributed by atoms with van der Waals surface area (Å²) in [7, 11) is 1.73. The molecule has 0 spiro atoms. The maximum absolute atomic E-state index is 12.4. The van der Waals surface area contributed by atoms with Gasteiger partial charge in [-0.2, -0.15) is 11.8 Å². The summed E-state index contributed by atoms with van der Waals surface area (Å²) in [6.07, 6.45) is 0. The van der Waals surface area contributed by atoms with Gasteiger partial charge < -0.3 is 15.5 Å². The number of halogens is 1. The van der Waals surface area contributed by atoms with E-state index in [9.17, 15) is 9.59 Å². The number of carbonyl (C=O) groups excluding carboxylic acids is 2. The lowest BCUT2D eigenvalue weighted by Crippen LogP contribution is -2.37. The molecule has 7 heteroatoms. The fourth-order valence-electron chi connectivity index (χ4n) is 2.24. The fourth-order valence-corrected chi connectivity index (χ4v) is 3.14. The highest BCUT2D eigenvalue weighted by molar-refractivity contribution is 7.99. The van der Waals surface area contributed by atoms with Crippen molar-refractivity contribution in [1.82, 2.24) is 10.2 Å². The summed E-state index contributed by atoms with van der Waals surface area (Å²) in [6, 6.07) is 5.43. The van der Waals surface area contributed by atoms with Crippen molar-refractivity contribution in [2.45, 2.75) is 6.92 Å². The molecule has 1 saturated heterocycles. The first kappa shape index (κ1) is 18.8. The number of nitrogens with zero attached hydrogens (tertiary/aromatic N) is 1. The number of aryl methyl sites for hydroxylation is 1. The fraction of sp³-hybridized carbons (Fsp3) is 0.467. The summed E-state index contributed by atoms with van der Waals surface area (Å²) in [5.41, 5.74) is 2.34. The van der Waals surface area contributed by atoms with Crippen molar-refractivity contribution in [3.05, 3.63) is 29.3 Å². The minimum absolute atomic E-state index is 0. The largest absolute Gasteiger partial charge is 0.337 e. The molecule has 0 unspecified atom stereocenters. The van der Waals surface area contributed by atoms with Gasteiger partial charge in [-0.15, -0.1) is 12.4 Å². The molecule has 0 aliphatic carbocycles. The van der Waals surface area contributed by atoms with Crippen molar-refractivity contribution in [2.75, 3.05) is 43.5 Å². The number of carbonyl (C=O) groups is 2. The number of anilines is 1. The van der Waals surface area contributed by atoms with Crippen LogP contribution in [0, 0.1) is 6.92 Å². The second kappa shape index (κ2) is 9.02. The van der Waals surface area contributed by atoms with Crippen LogP contribution in [-0.2, 0) is 4.79 Å². The molecular formula is C15H22ClN3O2S. The molecule has 0 radical (unpaired) electrons. The molecule has 2 N–H and O–H groups in total. The molecule has 0 saturated carbocycles. The molecule has 5 nitrogen and oxygen atoms in total. The number of likely N-dealkylation sites (N-methyl/N-ethyl adjacent to an activating group) is 1. The summed E-state index contributed by atoms with van der Waals surface area (Å²) < 4.78 is 0. The van der Waals surface area contributed by atoms with Gasteiger partial charge in [0.25, 0.3) is 5.91 Å². The van der Waals surface area contributed by atoms with Gasteiger partial charge in [-0.25, -0.2) is 0 Å². The average Bonchev–Trinajstić information content (AvgIpc) is 2.50. The Morgan fingerprint density at radius 2 is 1.95 bits per heavy atom. The Morgan fingerprint density at radius 1 is 1.27 bits per heavy atom. The summed E-state index contributed by atoms with van der Waals surface area (Å²) in [5.74, 6) is 1.99. The van der Waals surface area contributed by atoms with Crippen molar-refractivity contribution in [1.29, 1.82) is 0 Å². The zero-order valence-electron chi connectivity index (χ0n) is 12.8. The van der Waals surface area contributed by atoms with E-state index in [1.807, 2.05) is 29.7 Å². The zero-order valence-corrected chi connectivity index (χ0v) is 14.5. The highest BCUT2D eigenvalue weighted by atomic mass is 35.5. The third kappa shape index (κ3) is 4.90. The molecule has 0 aromatic heterocycles. The SMILES string of the molecule is CNCC(=O)Nc1ccc(C(=O)N2CCSCC2)cc1C.Cl. The molecule has 1 fully saturated rings. The molecule has 2 rings (SSSR count). The number of amides is 2. The van der Waals surface area contributed by atoms with E-state index in [0.29, 0.717) is 5.56 Å². The van der Waals surface area contributed by atoms with E-state index in [2.05, 4.69) is 10.6 Å². The van der Waals surface area contributed by atoms with Crippen LogP contribution in [0.5, 0.6) is 0 Å². The van der Waals surface area contributed by atoms with E-state index >= 15 is 0 Å². The van der Waals surface area contributed by atoms with Crippen molar-refractivity contribution < 1.29 is 9.59 Å². The summed E-state index contributed by atoms with van der Waals surface area (Å²) in [6.45, 7) is 3.79. The Bertz CT molecular complexity index is 534. The van der Waals surface area contributed by atoms with E-state index in [1.54, 1.807) is 19.2 Å². The second-order valence-corrected chi connectivity index (χ2v) is 6.24. The Labute approximate surface area is 141 Å². The van der Waals surface area contributed by atoms with Crippen LogP contribution in [0.2, 0.25) is 0 Å². The number of rotatable bonds is 4. The summed E-state index contributed by atoms with van der Waals surface area (Å²) in [5, 5.41) is 5.63. The lowest BCUT2D eigenvalue weighted by Gasteiger charge is -2.26. The van der Waals surface area contributed by atoms with E-state index < -0.39 is 0 Å². The Morgan fingerprint density at radius 3 is 2.55 bits per heavy atom. The number of nitrogens with one attached hydrogen (secondary N) is 2. The van der Waals surface area contributed by atoms with Crippen LogP contribution in [0.15, 0.2) is 18.2 Å². The molecule has 122 valence electrons. The number of benzene rings is 1. The van der Waals surface area contributed by atoms with Crippen LogP contribution in [0.4, 0.5) is 5.69 Å². The van der Waals surface area contributed by atoms with Crippen molar-refractivity contribution in [3.8, 4) is 0 Å². The van der Waals surface area contributed by atoms with Gasteiger partial charge in [0.2, 0.25) is 5.91 Å². The van der Waals surface area contributed by atoms with E-state index in [1.165, 1.54) is 0 Å². The molecule has 1 aliphatic heterocycles. The van der Waals surface area contributed by atoms with E-state index in [0.717, 1.165) is 35.8 Å². The molecular weight excluding hydrogens is 322 g/mol. The highest BCUT2D eigenvalue weighted by Crippen LogP contribution is 2.19. The predicted octanol–water partition coefficient (Wildman–Crippen LogP) is 1.76. The van der Waals surface area contributed by atoms with Crippen LogP contribution in [-0.4, -0.2) is 54.9 Å². The quantitative estimate of drug-likeness (QED) is 0.874. The molecule has 1 aliphatic rings. The molecule has 0 bridgehead atoms. The van der Waals surface area contributed by atoms with Crippen LogP contribution < -0.4 is 10.6 Å². The van der Waals surface area contributed by atoms with E-state index in [-0.39, 0.29) is 30.8 Å². The Hall–Kier alpha value is -1.24. The monoisotopic (exact) mass is 343 g/mol.